The predicted octanol–water partition coefficient (Wildman–Crippen LogP) is 5.05. The van der Waals surface area contributed by atoms with E-state index in [1.807, 2.05) is 38.2 Å². The molecule has 0 aliphatic rings. The lowest BCUT2D eigenvalue weighted by atomic mass is 9.98. The molecule has 0 unspecified atom stereocenters. The average Bonchev–Trinajstić information content (AvgIpc) is 3.53. The molecule has 4 rings (SSSR count). The fourth-order valence-electron chi connectivity index (χ4n) is 3.92. The lowest BCUT2D eigenvalue weighted by molar-refractivity contribution is -0.114. The van der Waals surface area contributed by atoms with Crippen LogP contribution in [0.3, 0.4) is 0 Å². The summed E-state index contributed by atoms with van der Waals surface area (Å²) in [7, 11) is 1.77. The average molecular weight is 470 g/mol. The Hall–Kier alpha value is -4.07. The van der Waals surface area contributed by atoms with Crippen molar-refractivity contribution in [2.75, 3.05) is 11.9 Å². The van der Waals surface area contributed by atoms with Crippen LogP contribution in [0.5, 0.6) is 0 Å². The van der Waals surface area contributed by atoms with Crippen molar-refractivity contribution in [1.82, 2.24) is 30.2 Å². The minimum absolute atomic E-state index is 0.0682. The molecular weight excluding hydrogens is 438 g/mol. The number of rotatable bonds is 9. The Labute approximate surface area is 205 Å². The Bertz CT molecular complexity index is 1300. The van der Waals surface area contributed by atoms with Crippen molar-refractivity contribution in [3.05, 3.63) is 77.8 Å². The lowest BCUT2D eigenvalue weighted by Gasteiger charge is -2.11. The number of allylic oxidation sites excluding steroid dienone is 1. The van der Waals surface area contributed by atoms with Crippen LogP contribution in [-0.4, -0.2) is 43.1 Å². The molecule has 0 saturated carbocycles. The number of carbonyl (C=O) groups excluding carboxylic acids is 1. The molecule has 1 amide bonds. The maximum absolute atomic E-state index is 12.5. The molecule has 4 aromatic rings. The third-order valence-electron chi connectivity index (χ3n) is 5.82. The zero-order chi connectivity index (χ0) is 24.8. The van der Waals surface area contributed by atoms with Crippen molar-refractivity contribution < 1.29 is 4.79 Å². The number of unbranched alkanes of at least 4 members (excludes halogenated alkanes) is 1. The second kappa shape index (κ2) is 10.9. The monoisotopic (exact) mass is 469 g/mol. The van der Waals surface area contributed by atoms with Crippen molar-refractivity contribution in [2.24, 2.45) is 0 Å². The van der Waals surface area contributed by atoms with E-state index < -0.39 is 0 Å². The molecule has 0 aliphatic heterocycles. The zero-order valence-corrected chi connectivity index (χ0v) is 20.7. The molecule has 1 N–H and O–H groups in total. The first kappa shape index (κ1) is 24.1. The van der Waals surface area contributed by atoms with Gasteiger partial charge < -0.3 is 4.57 Å². The normalized spacial score (nSPS) is 10.9. The van der Waals surface area contributed by atoms with E-state index in [0.717, 1.165) is 52.9 Å². The number of amides is 1. The summed E-state index contributed by atoms with van der Waals surface area (Å²) in [4.78, 5) is 18.9. The molecule has 8 nitrogen and oxygen atoms in total. The standard InChI is InChI=1S/C27H31N7O/c1-5-6-11-24-28-25(33(4)26(35)16-19(2)3)18-34(24)17-20-12-14-21(15-13-20)22-9-7-8-10-23(22)27-29-31-32-30-27/h7-10,12-16,18H,5-6,11,17H2,1-4H3,(H,29,30,31,32). The van der Waals surface area contributed by atoms with Crippen LogP contribution < -0.4 is 4.90 Å². The summed E-state index contributed by atoms with van der Waals surface area (Å²) in [6, 6.07) is 16.5. The number of aromatic amines is 1. The number of H-pyrrole nitrogens is 1. The van der Waals surface area contributed by atoms with Gasteiger partial charge in [-0.1, -0.05) is 67.4 Å². The number of likely N-dealkylation sites (N-methyl/N-ethyl adjacent to an activating group) is 1. The predicted molar refractivity (Wildman–Crippen MR) is 138 cm³/mol. The van der Waals surface area contributed by atoms with Gasteiger partial charge in [-0.05, 0) is 42.2 Å². The van der Waals surface area contributed by atoms with Gasteiger partial charge in [0, 0.05) is 37.8 Å². The molecule has 180 valence electrons. The van der Waals surface area contributed by atoms with Crippen LogP contribution in [0, 0.1) is 0 Å². The second-order valence-electron chi connectivity index (χ2n) is 8.84. The third-order valence-corrected chi connectivity index (χ3v) is 5.82. The van der Waals surface area contributed by atoms with Gasteiger partial charge in [0.2, 0.25) is 5.82 Å². The molecule has 0 bridgehead atoms. The Morgan fingerprint density at radius 2 is 1.83 bits per heavy atom. The Kier molecular flexibility index (Phi) is 7.50. The van der Waals surface area contributed by atoms with Crippen LogP contribution in [0.15, 0.2) is 66.4 Å². The lowest BCUT2D eigenvalue weighted by Crippen LogP contribution is -2.24. The molecule has 0 aliphatic carbocycles. The van der Waals surface area contributed by atoms with E-state index in [-0.39, 0.29) is 5.91 Å². The van der Waals surface area contributed by atoms with Gasteiger partial charge in [0.25, 0.3) is 5.91 Å². The van der Waals surface area contributed by atoms with E-state index in [9.17, 15) is 4.79 Å². The topological polar surface area (TPSA) is 92.6 Å². The fourth-order valence-corrected chi connectivity index (χ4v) is 3.92. The summed E-state index contributed by atoms with van der Waals surface area (Å²) in [5.41, 5.74) is 5.19. The van der Waals surface area contributed by atoms with Crippen molar-refractivity contribution >= 4 is 11.7 Å². The minimum atomic E-state index is -0.0682. The van der Waals surface area contributed by atoms with Crippen LogP contribution >= 0.6 is 0 Å². The molecule has 2 heterocycles. The number of nitrogens with one attached hydrogen (secondary N) is 1. The van der Waals surface area contributed by atoms with E-state index in [0.29, 0.717) is 18.2 Å². The number of anilines is 1. The van der Waals surface area contributed by atoms with Gasteiger partial charge in [0.1, 0.15) is 5.82 Å². The molecule has 0 radical (unpaired) electrons. The zero-order valence-electron chi connectivity index (χ0n) is 20.7. The molecule has 2 aromatic heterocycles. The quantitative estimate of drug-likeness (QED) is 0.346. The Balaban J connectivity index is 1.58. The van der Waals surface area contributed by atoms with E-state index in [1.165, 1.54) is 0 Å². The first-order chi connectivity index (χ1) is 17.0. The molecule has 0 fully saturated rings. The van der Waals surface area contributed by atoms with Crippen LogP contribution in [-0.2, 0) is 17.8 Å². The highest BCUT2D eigenvalue weighted by molar-refractivity contribution is 6.00. The fraction of sp³-hybridized carbons (Fsp3) is 0.296. The van der Waals surface area contributed by atoms with Gasteiger partial charge in [-0.2, -0.15) is 5.21 Å². The molecule has 0 spiro atoms. The van der Waals surface area contributed by atoms with Crippen molar-refractivity contribution in [1.29, 1.82) is 0 Å². The minimum Gasteiger partial charge on any atom is -0.328 e. The van der Waals surface area contributed by atoms with Crippen LogP contribution in [0.2, 0.25) is 0 Å². The summed E-state index contributed by atoms with van der Waals surface area (Å²) < 4.78 is 2.15. The van der Waals surface area contributed by atoms with E-state index >= 15 is 0 Å². The number of hydrogen-bond donors (Lipinski definition) is 1. The number of carbonyl (C=O) groups is 1. The largest absolute Gasteiger partial charge is 0.328 e. The van der Waals surface area contributed by atoms with Gasteiger partial charge in [0.15, 0.2) is 5.82 Å². The molecule has 0 saturated heterocycles. The maximum atomic E-state index is 12.5. The maximum Gasteiger partial charge on any atom is 0.251 e. The smallest absolute Gasteiger partial charge is 0.251 e. The van der Waals surface area contributed by atoms with Crippen LogP contribution in [0.25, 0.3) is 22.5 Å². The summed E-state index contributed by atoms with van der Waals surface area (Å²) in [6.45, 7) is 6.69. The van der Waals surface area contributed by atoms with Crippen LogP contribution in [0.1, 0.15) is 45.0 Å². The van der Waals surface area contributed by atoms with Crippen molar-refractivity contribution in [3.63, 3.8) is 0 Å². The summed E-state index contributed by atoms with van der Waals surface area (Å²) in [6.07, 6.45) is 6.62. The second-order valence-corrected chi connectivity index (χ2v) is 8.84. The summed E-state index contributed by atoms with van der Waals surface area (Å²) >= 11 is 0. The molecule has 2 aromatic carbocycles. The molecular formula is C27H31N7O. The van der Waals surface area contributed by atoms with Crippen molar-refractivity contribution in [3.8, 4) is 22.5 Å². The van der Waals surface area contributed by atoms with Crippen LogP contribution in [0.4, 0.5) is 5.82 Å². The van der Waals surface area contributed by atoms with E-state index in [4.69, 9.17) is 4.98 Å². The highest BCUT2D eigenvalue weighted by Crippen LogP contribution is 2.30. The number of aryl methyl sites for hydroxylation is 1. The summed E-state index contributed by atoms with van der Waals surface area (Å²) in [5.74, 6) is 2.17. The highest BCUT2D eigenvalue weighted by Gasteiger charge is 2.16. The van der Waals surface area contributed by atoms with E-state index in [2.05, 4.69) is 62.4 Å². The van der Waals surface area contributed by atoms with Gasteiger partial charge in [-0.25, -0.2) is 4.98 Å². The molecule has 0 atom stereocenters. The Morgan fingerprint density at radius 1 is 1.09 bits per heavy atom. The van der Waals surface area contributed by atoms with Gasteiger partial charge in [-0.3, -0.25) is 9.69 Å². The molecule has 35 heavy (non-hydrogen) atoms. The third kappa shape index (κ3) is 5.71. The Morgan fingerprint density at radius 3 is 2.49 bits per heavy atom. The number of benzene rings is 2. The SMILES string of the molecule is CCCCc1nc(N(C)C(=O)C=C(C)C)cn1Cc1ccc(-c2ccccc2-c2nn[nH]n2)cc1. The van der Waals surface area contributed by atoms with Crippen molar-refractivity contribution in [2.45, 2.75) is 46.6 Å². The first-order valence-corrected chi connectivity index (χ1v) is 11.9. The van der Waals surface area contributed by atoms with Gasteiger partial charge in [-0.15, -0.1) is 10.2 Å². The number of aromatic nitrogens is 6. The van der Waals surface area contributed by atoms with E-state index in [1.54, 1.807) is 18.0 Å². The van der Waals surface area contributed by atoms with Gasteiger partial charge >= 0.3 is 0 Å². The number of nitrogens with zero attached hydrogens (tertiary/aromatic N) is 6. The number of imidazole rings is 1. The number of hydrogen-bond acceptors (Lipinski definition) is 5. The first-order valence-electron chi connectivity index (χ1n) is 11.9. The van der Waals surface area contributed by atoms with Gasteiger partial charge in [0.05, 0.1) is 0 Å². The number of tetrazole rings is 1. The molecule has 8 heteroatoms. The summed E-state index contributed by atoms with van der Waals surface area (Å²) in [5, 5.41) is 14.5. The highest BCUT2D eigenvalue weighted by atomic mass is 16.2.